The Morgan fingerprint density at radius 2 is 1.63 bits per heavy atom. The number of anilines is 2. The highest BCUT2D eigenvalue weighted by Gasteiger charge is 2.10. The van der Waals surface area contributed by atoms with Crippen molar-refractivity contribution in [3.05, 3.63) is 138 Å². The van der Waals surface area contributed by atoms with E-state index in [-0.39, 0.29) is 11.9 Å². The molecule has 0 fully saturated rings. The van der Waals surface area contributed by atoms with Crippen LogP contribution in [-0.4, -0.2) is 16.9 Å². The predicted octanol–water partition coefficient (Wildman–Crippen LogP) is 6.74. The summed E-state index contributed by atoms with van der Waals surface area (Å²) in [6.07, 6.45) is 5.80. The van der Waals surface area contributed by atoms with Crippen LogP contribution in [0.1, 0.15) is 30.0 Å². The lowest BCUT2D eigenvalue weighted by Gasteiger charge is -2.16. The van der Waals surface area contributed by atoms with Gasteiger partial charge in [-0.05, 0) is 79.3 Å². The van der Waals surface area contributed by atoms with Gasteiger partial charge in [0.1, 0.15) is 5.82 Å². The van der Waals surface area contributed by atoms with Crippen LogP contribution in [0.25, 0.3) is 11.3 Å². The predicted molar refractivity (Wildman–Crippen MR) is 158 cm³/mol. The Hall–Kier alpha value is -4.64. The van der Waals surface area contributed by atoms with E-state index in [1.54, 1.807) is 0 Å². The number of hydrogen-bond acceptors (Lipinski definition) is 4. The van der Waals surface area contributed by atoms with E-state index in [4.69, 9.17) is 10.7 Å². The van der Waals surface area contributed by atoms with Crippen molar-refractivity contribution < 1.29 is 4.79 Å². The van der Waals surface area contributed by atoms with E-state index < -0.39 is 0 Å². The number of allylic oxidation sites excluding steroid dienone is 1. The summed E-state index contributed by atoms with van der Waals surface area (Å²) in [5.74, 6) is 0.523. The van der Waals surface area contributed by atoms with Crippen molar-refractivity contribution >= 4 is 17.4 Å². The normalized spacial score (nSPS) is 12.0. The third kappa shape index (κ3) is 7.93. The molecule has 1 amide bonds. The molecular formula is C33H34N4O. The lowest BCUT2D eigenvalue weighted by Crippen LogP contribution is -2.16. The molecule has 38 heavy (non-hydrogen) atoms. The van der Waals surface area contributed by atoms with Gasteiger partial charge in [-0.1, -0.05) is 79.4 Å². The largest absolute Gasteiger partial charge is 0.402 e. The monoisotopic (exact) mass is 502 g/mol. The first-order valence-electron chi connectivity index (χ1n) is 12.8. The molecule has 0 bridgehead atoms. The number of pyridine rings is 1. The number of nitrogens with one attached hydrogen (secondary N) is 2. The highest BCUT2D eigenvalue weighted by molar-refractivity contribution is 5.99. The number of amides is 1. The highest BCUT2D eigenvalue weighted by Crippen LogP contribution is 2.26. The summed E-state index contributed by atoms with van der Waals surface area (Å²) < 4.78 is 0. The SMILES string of the molecule is C=CC(=O)Nc1cccc(-c2cc(Cc3ccccc3)cc(NC(C)/C=C(\N)CCc3ccccc3)n2)c1. The number of benzene rings is 3. The Kier molecular flexibility index (Phi) is 9.08. The highest BCUT2D eigenvalue weighted by atomic mass is 16.1. The number of carbonyl (C=O) groups excluding carboxylic acids is 1. The molecule has 4 rings (SSSR count). The van der Waals surface area contributed by atoms with E-state index in [0.29, 0.717) is 5.69 Å². The van der Waals surface area contributed by atoms with Gasteiger partial charge in [0.15, 0.2) is 0 Å². The van der Waals surface area contributed by atoms with Crippen molar-refractivity contribution in [2.24, 2.45) is 5.73 Å². The molecule has 5 heteroatoms. The van der Waals surface area contributed by atoms with Crippen LogP contribution in [-0.2, 0) is 17.6 Å². The molecule has 0 saturated heterocycles. The summed E-state index contributed by atoms with van der Waals surface area (Å²) in [6.45, 7) is 5.60. The number of rotatable bonds is 11. The van der Waals surface area contributed by atoms with Crippen LogP contribution in [0.2, 0.25) is 0 Å². The fourth-order valence-electron chi connectivity index (χ4n) is 4.30. The zero-order chi connectivity index (χ0) is 26.7. The van der Waals surface area contributed by atoms with Crippen molar-refractivity contribution in [3.8, 4) is 11.3 Å². The van der Waals surface area contributed by atoms with Gasteiger partial charge in [-0.2, -0.15) is 0 Å². The Bertz CT molecular complexity index is 1400. The fraction of sp³-hybridized carbons (Fsp3) is 0.152. The molecule has 1 heterocycles. The Labute approximate surface area is 225 Å². The molecule has 0 saturated carbocycles. The van der Waals surface area contributed by atoms with Gasteiger partial charge in [0.2, 0.25) is 5.91 Å². The van der Waals surface area contributed by atoms with Crippen molar-refractivity contribution in [3.63, 3.8) is 0 Å². The molecule has 192 valence electrons. The zero-order valence-corrected chi connectivity index (χ0v) is 21.7. The molecule has 0 aliphatic carbocycles. The summed E-state index contributed by atoms with van der Waals surface area (Å²) in [5, 5.41) is 6.34. The van der Waals surface area contributed by atoms with Crippen LogP contribution >= 0.6 is 0 Å². The van der Waals surface area contributed by atoms with Crippen molar-refractivity contribution in [1.29, 1.82) is 0 Å². The second kappa shape index (κ2) is 13.1. The van der Waals surface area contributed by atoms with Crippen LogP contribution in [0.3, 0.4) is 0 Å². The first kappa shape index (κ1) is 26.4. The number of aromatic nitrogens is 1. The maximum Gasteiger partial charge on any atom is 0.247 e. The van der Waals surface area contributed by atoms with Crippen molar-refractivity contribution in [1.82, 2.24) is 4.98 Å². The quantitative estimate of drug-likeness (QED) is 0.198. The summed E-state index contributed by atoms with van der Waals surface area (Å²) in [5.41, 5.74) is 13.3. The summed E-state index contributed by atoms with van der Waals surface area (Å²) in [4.78, 5) is 16.7. The van der Waals surface area contributed by atoms with Crippen LogP contribution in [0.5, 0.6) is 0 Å². The fourth-order valence-corrected chi connectivity index (χ4v) is 4.30. The third-order valence-corrected chi connectivity index (χ3v) is 6.13. The Balaban J connectivity index is 1.56. The topological polar surface area (TPSA) is 80.0 Å². The number of carbonyl (C=O) groups is 1. The van der Waals surface area contributed by atoms with Gasteiger partial charge in [0.05, 0.1) is 5.69 Å². The van der Waals surface area contributed by atoms with Crippen molar-refractivity contribution in [2.75, 3.05) is 10.6 Å². The lowest BCUT2D eigenvalue weighted by atomic mass is 10.0. The van der Waals surface area contributed by atoms with Crippen LogP contribution < -0.4 is 16.4 Å². The van der Waals surface area contributed by atoms with Gasteiger partial charge in [0.25, 0.3) is 0 Å². The molecule has 0 spiro atoms. The maximum atomic E-state index is 11.8. The van der Waals surface area contributed by atoms with E-state index in [1.165, 1.54) is 17.2 Å². The van der Waals surface area contributed by atoms with Gasteiger partial charge < -0.3 is 16.4 Å². The maximum absolute atomic E-state index is 11.8. The molecular weight excluding hydrogens is 468 g/mol. The van der Waals surface area contributed by atoms with Crippen LogP contribution in [0, 0.1) is 0 Å². The van der Waals surface area contributed by atoms with E-state index in [0.717, 1.165) is 47.6 Å². The van der Waals surface area contributed by atoms with Crippen LogP contribution in [0.15, 0.2) is 121 Å². The minimum atomic E-state index is -0.249. The van der Waals surface area contributed by atoms with Gasteiger partial charge in [0, 0.05) is 23.0 Å². The first-order chi connectivity index (χ1) is 18.5. The number of aryl methyl sites for hydroxylation is 1. The molecule has 0 aliphatic rings. The summed E-state index contributed by atoms with van der Waals surface area (Å²) in [7, 11) is 0. The average molecular weight is 503 g/mol. The average Bonchev–Trinajstić information content (AvgIpc) is 2.93. The van der Waals surface area contributed by atoms with Gasteiger partial charge in [-0.3, -0.25) is 4.79 Å². The van der Waals surface area contributed by atoms with Gasteiger partial charge in [-0.15, -0.1) is 0 Å². The molecule has 5 nitrogen and oxygen atoms in total. The van der Waals surface area contributed by atoms with E-state index in [9.17, 15) is 4.79 Å². The third-order valence-electron chi connectivity index (χ3n) is 6.13. The minimum absolute atomic E-state index is 0.00341. The number of hydrogen-bond donors (Lipinski definition) is 3. The van der Waals surface area contributed by atoms with E-state index in [2.05, 4.69) is 66.6 Å². The molecule has 1 unspecified atom stereocenters. The smallest absolute Gasteiger partial charge is 0.247 e. The number of nitrogens with zero attached hydrogens (tertiary/aromatic N) is 1. The molecule has 4 N–H and O–H groups in total. The molecule has 1 aromatic heterocycles. The first-order valence-corrected chi connectivity index (χ1v) is 12.8. The van der Waals surface area contributed by atoms with E-state index in [1.807, 2.05) is 60.7 Å². The zero-order valence-electron chi connectivity index (χ0n) is 21.7. The molecule has 0 aliphatic heterocycles. The molecule has 3 aromatic carbocycles. The van der Waals surface area contributed by atoms with Gasteiger partial charge >= 0.3 is 0 Å². The summed E-state index contributed by atoms with van der Waals surface area (Å²) in [6, 6.07) is 32.6. The second-order valence-corrected chi connectivity index (χ2v) is 9.34. The molecule has 0 radical (unpaired) electrons. The Morgan fingerprint density at radius 1 is 0.921 bits per heavy atom. The standard InChI is InChI=1S/C33H34N4O/c1-3-33(38)36-30-16-10-15-28(23-30)31-21-27(20-26-13-8-5-9-14-26)22-32(37-31)35-24(2)19-29(34)18-17-25-11-6-4-7-12-25/h3-16,19,21-24H,1,17-18,20,34H2,2H3,(H,35,37)(H,36,38)/b29-19-. The Morgan fingerprint density at radius 3 is 2.34 bits per heavy atom. The summed E-state index contributed by atoms with van der Waals surface area (Å²) >= 11 is 0. The van der Waals surface area contributed by atoms with Gasteiger partial charge in [-0.25, -0.2) is 4.98 Å². The van der Waals surface area contributed by atoms with Crippen molar-refractivity contribution in [2.45, 2.75) is 32.2 Å². The molecule has 1 atom stereocenters. The lowest BCUT2D eigenvalue weighted by molar-refractivity contribution is -0.111. The minimum Gasteiger partial charge on any atom is -0.402 e. The second-order valence-electron chi connectivity index (χ2n) is 9.34. The molecule has 4 aromatic rings. The number of nitrogens with two attached hydrogens (primary N) is 1. The van der Waals surface area contributed by atoms with Crippen LogP contribution in [0.4, 0.5) is 11.5 Å². The van der Waals surface area contributed by atoms with E-state index >= 15 is 0 Å².